The summed E-state index contributed by atoms with van der Waals surface area (Å²) in [5, 5.41) is 23.2. The van der Waals surface area contributed by atoms with Crippen LogP contribution in [0.15, 0.2) is 36.4 Å². The minimum absolute atomic E-state index is 0.155. The molecule has 0 spiro atoms. The zero-order valence-electron chi connectivity index (χ0n) is 24.6. The van der Waals surface area contributed by atoms with Crippen LogP contribution in [0.25, 0.3) is 11.3 Å². The fourth-order valence-electron chi connectivity index (χ4n) is 7.01. The van der Waals surface area contributed by atoms with E-state index in [0.29, 0.717) is 6.04 Å². The molecule has 0 amide bonds. The maximum Gasteiger partial charge on any atom is 0.129 e. The molecule has 1 aromatic carbocycles. The third-order valence-corrected chi connectivity index (χ3v) is 9.78. The number of unbranched alkanes of at least 4 members (excludes halogenated alkanes) is 1. The third kappa shape index (κ3) is 6.35. The van der Waals surface area contributed by atoms with Crippen LogP contribution in [0.3, 0.4) is 0 Å². The van der Waals surface area contributed by atoms with Crippen molar-refractivity contribution in [3.63, 3.8) is 0 Å². The van der Waals surface area contributed by atoms with Crippen molar-refractivity contribution in [2.24, 2.45) is 0 Å². The summed E-state index contributed by atoms with van der Waals surface area (Å²) in [7, 11) is 0. The van der Waals surface area contributed by atoms with Crippen molar-refractivity contribution >= 4 is 5.82 Å². The van der Waals surface area contributed by atoms with E-state index in [1.54, 1.807) is 0 Å². The van der Waals surface area contributed by atoms with Crippen LogP contribution in [0.1, 0.15) is 83.8 Å². The Bertz CT molecular complexity index is 1110. The Labute approximate surface area is 235 Å². The maximum atomic E-state index is 10.4. The monoisotopic (exact) mass is 534 g/mol. The van der Waals surface area contributed by atoms with E-state index in [9.17, 15) is 10.2 Å². The molecule has 3 aliphatic rings. The SMILES string of the molecule is CC1(C)CCC(C)(C)c2cc(-c3cccc(N4CCC(N(CCCCO)C[C@H]5NCC[C@@H]5O)CC4)n3)ccc21. The molecule has 214 valence electrons. The van der Waals surface area contributed by atoms with Crippen LogP contribution in [0.5, 0.6) is 0 Å². The Hall–Kier alpha value is -1.99. The summed E-state index contributed by atoms with van der Waals surface area (Å²) in [6, 6.07) is 14.2. The Balaban J connectivity index is 1.28. The Morgan fingerprint density at radius 2 is 1.72 bits per heavy atom. The lowest BCUT2D eigenvalue weighted by atomic mass is 9.63. The minimum atomic E-state index is -0.252. The summed E-state index contributed by atoms with van der Waals surface area (Å²) in [5.41, 5.74) is 5.66. The highest BCUT2D eigenvalue weighted by atomic mass is 16.3. The predicted molar refractivity (Wildman–Crippen MR) is 161 cm³/mol. The number of piperidine rings is 1. The first-order valence-electron chi connectivity index (χ1n) is 15.3. The van der Waals surface area contributed by atoms with Gasteiger partial charge in [0.15, 0.2) is 0 Å². The third-order valence-electron chi connectivity index (χ3n) is 9.78. The van der Waals surface area contributed by atoms with Crippen molar-refractivity contribution < 1.29 is 10.2 Å². The molecule has 6 nitrogen and oxygen atoms in total. The Morgan fingerprint density at radius 3 is 2.41 bits per heavy atom. The standard InChI is InChI=1S/C33H50N4O2/c1-32(2)15-16-33(3,4)27-22-24(10-11-26(27)32)28-8-7-9-31(35-28)36-19-13-25(14-20-36)37(18-5-6-21-38)23-29-30(39)12-17-34-29/h7-11,22,25,29-30,34,38-39H,5-6,12-21,23H2,1-4H3/t29-,30+/m1/s1. The molecule has 5 rings (SSSR count). The average Bonchev–Trinajstić information content (AvgIpc) is 3.35. The first-order chi connectivity index (χ1) is 18.7. The number of hydrogen-bond acceptors (Lipinski definition) is 6. The summed E-state index contributed by atoms with van der Waals surface area (Å²) in [4.78, 5) is 10.2. The first kappa shape index (κ1) is 28.5. The van der Waals surface area contributed by atoms with Crippen LogP contribution in [-0.2, 0) is 10.8 Å². The van der Waals surface area contributed by atoms with Crippen molar-refractivity contribution in [2.45, 2.75) is 102 Å². The van der Waals surface area contributed by atoms with Crippen molar-refractivity contribution in [3.8, 4) is 11.3 Å². The van der Waals surface area contributed by atoms with Gasteiger partial charge in [-0.2, -0.15) is 0 Å². The number of aromatic nitrogens is 1. The van der Waals surface area contributed by atoms with Crippen molar-refractivity contribution in [1.82, 2.24) is 15.2 Å². The summed E-state index contributed by atoms with van der Waals surface area (Å²) in [6.45, 7) is 14.5. The lowest BCUT2D eigenvalue weighted by molar-refractivity contribution is 0.0994. The molecular weight excluding hydrogens is 484 g/mol. The van der Waals surface area contributed by atoms with Gasteiger partial charge < -0.3 is 20.4 Å². The summed E-state index contributed by atoms with van der Waals surface area (Å²) >= 11 is 0. The number of benzene rings is 1. The van der Waals surface area contributed by atoms with Crippen LogP contribution >= 0.6 is 0 Å². The number of pyridine rings is 1. The van der Waals surface area contributed by atoms with E-state index in [1.165, 1.54) is 29.5 Å². The first-order valence-corrected chi connectivity index (χ1v) is 15.3. The molecular formula is C33H50N4O2. The second kappa shape index (κ2) is 11.9. The Kier molecular flexibility index (Phi) is 8.68. The quantitative estimate of drug-likeness (QED) is 0.399. The highest BCUT2D eigenvalue weighted by Crippen LogP contribution is 2.46. The molecule has 2 aromatic rings. The maximum absolute atomic E-state index is 10.4. The van der Waals surface area contributed by atoms with Gasteiger partial charge in [-0.05, 0) is 98.2 Å². The topological polar surface area (TPSA) is 71.9 Å². The predicted octanol–water partition coefficient (Wildman–Crippen LogP) is 4.86. The van der Waals surface area contributed by atoms with Gasteiger partial charge in [0, 0.05) is 43.9 Å². The van der Waals surface area contributed by atoms with E-state index in [1.807, 2.05) is 0 Å². The molecule has 0 saturated carbocycles. The lowest BCUT2D eigenvalue weighted by Crippen LogP contribution is -2.51. The van der Waals surface area contributed by atoms with Gasteiger partial charge in [0.05, 0.1) is 11.8 Å². The molecule has 0 bridgehead atoms. The van der Waals surface area contributed by atoms with Crippen LogP contribution in [-0.4, -0.2) is 77.6 Å². The number of hydrogen-bond donors (Lipinski definition) is 3. The largest absolute Gasteiger partial charge is 0.396 e. The van der Waals surface area contributed by atoms with E-state index in [2.05, 4.69) is 79.2 Å². The molecule has 3 heterocycles. The molecule has 2 saturated heterocycles. The number of nitrogens with one attached hydrogen (secondary N) is 1. The number of aliphatic hydroxyl groups is 2. The Morgan fingerprint density at radius 1 is 0.974 bits per heavy atom. The van der Waals surface area contributed by atoms with E-state index in [0.717, 1.165) is 76.3 Å². The smallest absolute Gasteiger partial charge is 0.129 e. The van der Waals surface area contributed by atoms with Gasteiger partial charge in [0.1, 0.15) is 5.82 Å². The number of aliphatic hydroxyl groups excluding tert-OH is 2. The molecule has 2 fully saturated rings. The number of anilines is 1. The fraction of sp³-hybridized carbons (Fsp3) is 0.667. The van der Waals surface area contributed by atoms with E-state index in [4.69, 9.17) is 4.98 Å². The van der Waals surface area contributed by atoms with Crippen LogP contribution in [0, 0.1) is 0 Å². The number of fused-ring (bicyclic) bond motifs is 1. The molecule has 1 aliphatic carbocycles. The number of rotatable bonds is 9. The molecule has 2 atom stereocenters. The van der Waals surface area contributed by atoms with Crippen LogP contribution in [0.2, 0.25) is 0 Å². The second-order valence-electron chi connectivity index (χ2n) is 13.5. The summed E-state index contributed by atoms with van der Waals surface area (Å²) < 4.78 is 0. The van der Waals surface area contributed by atoms with E-state index < -0.39 is 0 Å². The number of nitrogens with zero attached hydrogens (tertiary/aromatic N) is 3. The van der Waals surface area contributed by atoms with Gasteiger partial charge in [-0.1, -0.05) is 45.9 Å². The van der Waals surface area contributed by atoms with Gasteiger partial charge in [-0.25, -0.2) is 4.98 Å². The summed E-state index contributed by atoms with van der Waals surface area (Å²) in [6.07, 6.45) is 7.05. The highest BCUT2D eigenvalue weighted by Gasteiger charge is 2.37. The van der Waals surface area contributed by atoms with E-state index >= 15 is 0 Å². The highest BCUT2D eigenvalue weighted by molar-refractivity contribution is 5.65. The van der Waals surface area contributed by atoms with E-state index in [-0.39, 0.29) is 29.6 Å². The van der Waals surface area contributed by atoms with Gasteiger partial charge in [0.2, 0.25) is 0 Å². The molecule has 0 radical (unpaired) electrons. The van der Waals surface area contributed by atoms with Crippen molar-refractivity contribution in [1.29, 1.82) is 0 Å². The van der Waals surface area contributed by atoms with Crippen LogP contribution < -0.4 is 10.2 Å². The fourth-order valence-corrected chi connectivity index (χ4v) is 7.01. The van der Waals surface area contributed by atoms with Gasteiger partial charge in [0.25, 0.3) is 0 Å². The zero-order chi connectivity index (χ0) is 27.6. The molecule has 39 heavy (non-hydrogen) atoms. The van der Waals surface area contributed by atoms with Crippen LogP contribution in [0.4, 0.5) is 5.82 Å². The molecule has 2 aliphatic heterocycles. The van der Waals surface area contributed by atoms with Crippen molar-refractivity contribution in [2.75, 3.05) is 44.2 Å². The molecule has 0 unspecified atom stereocenters. The second-order valence-corrected chi connectivity index (χ2v) is 13.5. The minimum Gasteiger partial charge on any atom is -0.396 e. The summed E-state index contributed by atoms with van der Waals surface area (Å²) in [5.74, 6) is 1.07. The molecule has 1 aromatic heterocycles. The van der Waals surface area contributed by atoms with Gasteiger partial charge in [-0.3, -0.25) is 4.90 Å². The normalized spacial score (nSPS) is 24.7. The van der Waals surface area contributed by atoms with Gasteiger partial charge in [-0.15, -0.1) is 0 Å². The zero-order valence-corrected chi connectivity index (χ0v) is 24.6. The molecule has 3 N–H and O–H groups in total. The van der Waals surface area contributed by atoms with Crippen molar-refractivity contribution in [3.05, 3.63) is 47.5 Å². The van der Waals surface area contributed by atoms with Gasteiger partial charge >= 0.3 is 0 Å². The molecule has 6 heteroatoms. The lowest BCUT2D eigenvalue weighted by Gasteiger charge is -2.42. The average molecular weight is 535 g/mol.